The monoisotopic (exact) mass is 481 g/mol. The quantitative estimate of drug-likeness (QED) is 0.403. The summed E-state index contributed by atoms with van der Waals surface area (Å²) in [5.74, 6) is 0.225. The van der Waals surface area contributed by atoms with Crippen molar-refractivity contribution in [2.24, 2.45) is 12.0 Å². The van der Waals surface area contributed by atoms with E-state index in [2.05, 4.69) is 43.6 Å². The van der Waals surface area contributed by atoms with Crippen molar-refractivity contribution in [1.82, 2.24) is 15.1 Å². The number of amides is 1. The maximum absolute atomic E-state index is 12.9. The Labute approximate surface area is 191 Å². The van der Waals surface area contributed by atoms with E-state index in [1.165, 1.54) is 5.56 Å². The summed E-state index contributed by atoms with van der Waals surface area (Å²) < 4.78 is 2.83. The van der Waals surface area contributed by atoms with Gasteiger partial charge >= 0.3 is 0 Å². The highest BCUT2D eigenvalue weighted by molar-refractivity contribution is 9.10. The van der Waals surface area contributed by atoms with Gasteiger partial charge in [-0.05, 0) is 70.0 Å². The standard InChI is InChI=1S/C24H28BrN5O/c1-15-11-16(2)13-19(12-15)23(31)28-24(27-21-8-6-7-20(25)14-21)26-10-9-22-17(3)29-30(5)18(22)4/h6-8,11-14H,9-10H2,1-5H3,(H2,26,27,28,31). The highest BCUT2D eigenvalue weighted by Gasteiger charge is 2.12. The Bertz CT molecular complexity index is 1110. The van der Waals surface area contributed by atoms with Gasteiger partial charge in [-0.15, -0.1) is 0 Å². The third-order valence-electron chi connectivity index (χ3n) is 5.09. The minimum absolute atomic E-state index is 0.193. The van der Waals surface area contributed by atoms with Gasteiger partial charge in [0, 0.05) is 35.0 Å². The Morgan fingerprint density at radius 2 is 1.81 bits per heavy atom. The zero-order valence-electron chi connectivity index (χ0n) is 18.6. The molecule has 0 aliphatic rings. The lowest BCUT2D eigenvalue weighted by Gasteiger charge is -2.13. The number of guanidine groups is 1. The number of aromatic nitrogens is 2. The van der Waals surface area contributed by atoms with E-state index < -0.39 is 0 Å². The van der Waals surface area contributed by atoms with Gasteiger partial charge in [-0.3, -0.25) is 19.8 Å². The molecule has 0 spiro atoms. The van der Waals surface area contributed by atoms with E-state index in [0.29, 0.717) is 18.1 Å². The Hall–Kier alpha value is -2.93. The van der Waals surface area contributed by atoms with Gasteiger partial charge in [0.05, 0.1) is 5.69 Å². The minimum Gasteiger partial charge on any atom is -0.326 e. The van der Waals surface area contributed by atoms with Crippen molar-refractivity contribution in [2.45, 2.75) is 34.1 Å². The van der Waals surface area contributed by atoms with Crippen molar-refractivity contribution in [3.8, 4) is 0 Å². The van der Waals surface area contributed by atoms with E-state index in [0.717, 1.165) is 39.1 Å². The smallest absolute Gasteiger partial charge is 0.257 e. The van der Waals surface area contributed by atoms with Gasteiger partial charge < -0.3 is 5.32 Å². The molecule has 1 aromatic heterocycles. The number of benzene rings is 2. The molecule has 0 bridgehead atoms. The van der Waals surface area contributed by atoms with Crippen LogP contribution in [0.2, 0.25) is 0 Å². The van der Waals surface area contributed by atoms with Crippen LogP contribution in [0.3, 0.4) is 0 Å². The fourth-order valence-corrected chi connectivity index (χ4v) is 3.96. The van der Waals surface area contributed by atoms with Crippen molar-refractivity contribution >= 4 is 33.5 Å². The summed E-state index contributed by atoms with van der Waals surface area (Å²) in [6, 6.07) is 13.5. The molecule has 162 valence electrons. The molecule has 0 atom stereocenters. The number of anilines is 1. The van der Waals surface area contributed by atoms with E-state index in [-0.39, 0.29) is 5.91 Å². The van der Waals surface area contributed by atoms with Gasteiger partial charge in [-0.2, -0.15) is 5.10 Å². The van der Waals surface area contributed by atoms with Crippen LogP contribution < -0.4 is 10.6 Å². The number of nitrogens with one attached hydrogen (secondary N) is 2. The first-order chi connectivity index (χ1) is 14.7. The van der Waals surface area contributed by atoms with Crippen LogP contribution in [0.1, 0.15) is 38.4 Å². The molecule has 0 saturated carbocycles. The van der Waals surface area contributed by atoms with E-state index in [4.69, 9.17) is 0 Å². The first-order valence-corrected chi connectivity index (χ1v) is 11.0. The van der Waals surface area contributed by atoms with Crippen LogP contribution >= 0.6 is 15.9 Å². The molecule has 7 heteroatoms. The van der Waals surface area contributed by atoms with Crippen LogP contribution in [-0.2, 0) is 13.5 Å². The predicted molar refractivity (Wildman–Crippen MR) is 130 cm³/mol. The summed E-state index contributed by atoms with van der Waals surface area (Å²) in [5.41, 5.74) is 6.87. The molecule has 2 aromatic carbocycles. The number of halogens is 1. The highest BCUT2D eigenvalue weighted by Crippen LogP contribution is 2.16. The normalized spacial score (nSPS) is 11.5. The number of aliphatic imine (C=N–C) groups is 1. The molecule has 1 amide bonds. The zero-order chi connectivity index (χ0) is 22.5. The highest BCUT2D eigenvalue weighted by atomic mass is 79.9. The zero-order valence-corrected chi connectivity index (χ0v) is 20.2. The molecule has 0 aliphatic carbocycles. The fraction of sp³-hybridized carbons (Fsp3) is 0.292. The summed E-state index contributed by atoms with van der Waals surface area (Å²) in [6.07, 6.45) is 0.745. The molecule has 6 nitrogen and oxygen atoms in total. The van der Waals surface area contributed by atoms with E-state index in [1.807, 2.05) is 75.0 Å². The van der Waals surface area contributed by atoms with Gasteiger partial charge in [-0.25, -0.2) is 0 Å². The number of hydrogen-bond acceptors (Lipinski definition) is 3. The van der Waals surface area contributed by atoms with Gasteiger partial charge in [0.25, 0.3) is 5.91 Å². The Morgan fingerprint density at radius 1 is 1.10 bits per heavy atom. The van der Waals surface area contributed by atoms with Gasteiger partial charge in [0.1, 0.15) is 0 Å². The van der Waals surface area contributed by atoms with Crippen molar-refractivity contribution in [3.05, 3.63) is 80.6 Å². The van der Waals surface area contributed by atoms with Crippen LogP contribution in [0.4, 0.5) is 5.69 Å². The van der Waals surface area contributed by atoms with Crippen LogP contribution in [0.15, 0.2) is 51.9 Å². The third kappa shape index (κ3) is 6.04. The maximum Gasteiger partial charge on any atom is 0.257 e. The number of carbonyl (C=O) groups excluding carboxylic acids is 1. The van der Waals surface area contributed by atoms with Gasteiger partial charge in [0.15, 0.2) is 0 Å². The molecular weight excluding hydrogens is 454 g/mol. The molecule has 3 rings (SSSR count). The minimum atomic E-state index is -0.193. The number of nitrogens with zero attached hydrogens (tertiary/aromatic N) is 3. The first kappa shape index (κ1) is 22.7. The molecule has 31 heavy (non-hydrogen) atoms. The van der Waals surface area contributed by atoms with E-state index in [1.54, 1.807) is 0 Å². The second-order valence-electron chi connectivity index (χ2n) is 7.72. The fourth-order valence-electron chi connectivity index (χ4n) is 3.56. The maximum atomic E-state index is 12.9. The topological polar surface area (TPSA) is 71.3 Å². The lowest BCUT2D eigenvalue weighted by molar-refractivity contribution is 0.0976. The van der Waals surface area contributed by atoms with E-state index in [9.17, 15) is 4.79 Å². The lowest BCUT2D eigenvalue weighted by Crippen LogP contribution is -2.36. The average Bonchev–Trinajstić information content (AvgIpc) is 2.93. The molecule has 0 fully saturated rings. The molecule has 0 aliphatic heterocycles. The SMILES string of the molecule is Cc1cc(C)cc(C(=O)NC(=NCCc2c(C)nn(C)c2C)Nc2cccc(Br)c2)c1. The number of carbonyl (C=O) groups is 1. The van der Waals surface area contributed by atoms with Crippen LogP contribution in [0, 0.1) is 27.7 Å². The van der Waals surface area contributed by atoms with E-state index >= 15 is 0 Å². The molecule has 3 aromatic rings. The number of aryl methyl sites for hydroxylation is 4. The molecule has 0 unspecified atom stereocenters. The van der Waals surface area contributed by atoms with Crippen LogP contribution in [0.25, 0.3) is 0 Å². The summed E-state index contributed by atoms with van der Waals surface area (Å²) in [5, 5.41) is 10.6. The Balaban J connectivity index is 1.81. The second kappa shape index (κ2) is 9.92. The van der Waals surface area contributed by atoms with Gasteiger partial charge in [0.2, 0.25) is 5.96 Å². The van der Waals surface area contributed by atoms with Crippen molar-refractivity contribution in [2.75, 3.05) is 11.9 Å². The summed E-state index contributed by atoms with van der Waals surface area (Å²) >= 11 is 3.48. The molecule has 2 N–H and O–H groups in total. The summed E-state index contributed by atoms with van der Waals surface area (Å²) in [6.45, 7) is 8.56. The largest absolute Gasteiger partial charge is 0.326 e. The summed E-state index contributed by atoms with van der Waals surface area (Å²) in [7, 11) is 1.94. The molecule has 0 radical (unpaired) electrons. The second-order valence-corrected chi connectivity index (χ2v) is 8.63. The van der Waals surface area contributed by atoms with Crippen molar-refractivity contribution < 1.29 is 4.79 Å². The number of hydrogen-bond donors (Lipinski definition) is 2. The predicted octanol–water partition coefficient (Wildman–Crippen LogP) is 4.86. The van der Waals surface area contributed by atoms with Crippen molar-refractivity contribution in [1.29, 1.82) is 0 Å². The first-order valence-electron chi connectivity index (χ1n) is 10.2. The lowest BCUT2D eigenvalue weighted by atomic mass is 10.1. The molecular formula is C24H28BrN5O. The third-order valence-corrected chi connectivity index (χ3v) is 5.59. The number of rotatable bonds is 5. The van der Waals surface area contributed by atoms with Crippen LogP contribution in [0.5, 0.6) is 0 Å². The Morgan fingerprint density at radius 3 is 2.42 bits per heavy atom. The molecule has 1 heterocycles. The van der Waals surface area contributed by atoms with Crippen molar-refractivity contribution in [3.63, 3.8) is 0 Å². The summed E-state index contributed by atoms with van der Waals surface area (Å²) in [4.78, 5) is 17.6. The molecule has 0 saturated heterocycles. The average molecular weight is 482 g/mol. The Kier molecular flexibility index (Phi) is 7.28. The van der Waals surface area contributed by atoms with Gasteiger partial charge in [-0.1, -0.05) is 39.2 Å². The van der Waals surface area contributed by atoms with Crippen LogP contribution in [-0.4, -0.2) is 28.2 Å².